The van der Waals surface area contributed by atoms with Crippen molar-refractivity contribution in [1.29, 1.82) is 0 Å². The number of aromatic nitrogens is 1. The Balaban J connectivity index is 2.96. The van der Waals surface area contributed by atoms with Crippen LogP contribution in [0.1, 0.15) is 18.9 Å². The second-order valence-electron chi connectivity index (χ2n) is 4.06. The Kier molecular flexibility index (Phi) is 5.11. The second kappa shape index (κ2) is 6.37. The quantitative estimate of drug-likeness (QED) is 0.324. The van der Waals surface area contributed by atoms with Crippen molar-refractivity contribution in [2.24, 2.45) is 10.9 Å². The Morgan fingerprint density at radius 2 is 2.16 bits per heavy atom. The van der Waals surface area contributed by atoms with Crippen LogP contribution >= 0.6 is 0 Å². The zero-order chi connectivity index (χ0) is 14.5. The summed E-state index contributed by atoms with van der Waals surface area (Å²) in [5, 5.41) is 11.3. The van der Waals surface area contributed by atoms with E-state index in [2.05, 4.69) is 5.16 Å². The second-order valence-corrected chi connectivity index (χ2v) is 6.36. The summed E-state index contributed by atoms with van der Waals surface area (Å²) in [6.07, 6.45) is 2.01. The maximum Gasteiger partial charge on any atom is 0.261 e. The molecule has 106 valence electrons. The van der Waals surface area contributed by atoms with E-state index < -0.39 is 15.4 Å². The number of oxime groups is 1. The van der Waals surface area contributed by atoms with Crippen LogP contribution in [0.3, 0.4) is 0 Å². The van der Waals surface area contributed by atoms with E-state index in [-0.39, 0.29) is 29.4 Å². The molecule has 1 heterocycles. The molecular formula is C11H17N3O4S. The van der Waals surface area contributed by atoms with Crippen molar-refractivity contribution in [2.75, 3.05) is 11.5 Å². The standard InChI is InChI=1S/C11H17N3O4S/c1-2-7-19(17,18)8-6-14-5-3-4-9(11(14)15)10(12)13-16/h3-5,16H,2,6-8H2,1H3,(H2,12,13). The summed E-state index contributed by atoms with van der Waals surface area (Å²) in [4.78, 5) is 11.9. The Morgan fingerprint density at radius 3 is 2.74 bits per heavy atom. The Bertz CT molecular complexity index is 619. The molecule has 0 aliphatic heterocycles. The number of pyridine rings is 1. The first-order valence-electron chi connectivity index (χ1n) is 5.79. The van der Waals surface area contributed by atoms with E-state index in [1.807, 2.05) is 0 Å². The van der Waals surface area contributed by atoms with Gasteiger partial charge in [0.2, 0.25) is 0 Å². The highest BCUT2D eigenvalue weighted by Crippen LogP contribution is 1.97. The summed E-state index contributed by atoms with van der Waals surface area (Å²) in [6.45, 7) is 1.83. The molecule has 0 saturated heterocycles. The number of hydrogen-bond acceptors (Lipinski definition) is 5. The Morgan fingerprint density at radius 1 is 1.47 bits per heavy atom. The molecule has 0 saturated carbocycles. The van der Waals surface area contributed by atoms with Crippen LogP contribution in [-0.4, -0.2) is 35.5 Å². The molecule has 0 unspecified atom stereocenters. The monoisotopic (exact) mass is 287 g/mol. The van der Waals surface area contributed by atoms with Crippen LogP contribution in [-0.2, 0) is 16.4 Å². The maximum atomic E-state index is 11.9. The minimum absolute atomic E-state index is 0.0397. The molecule has 0 radical (unpaired) electrons. The summed E-state index contributed by atoms with van der Waals surface area (Å²) >= 11 is 0. The van der Waals surface area contributed by atoms with Gasteiger partial charge in [0.25, 0.3) is 5.56 Å². The molecule has 8 heteroatoms. The molecule has 0 atom stereocenters. The molecule has 0 aliphatic rings. The minimum atomic E-state index is -3.16. The summed E-state index contributed by atoms with van der Waals surface area (Å²) in [5.41, 5.74) is 4.92. The number of nitrogens with two attached hydrogens (primary N) is 1. The van der Waals surface area contributed by atoms with Crippen LogP contribution in [0.15, 0.2) is 28.3 Å². The van der Waals surface area contributed by atoms with Crippen LogP contribution in [0.5, 0.6) is 0 Å². The lowest BCUT2D eigenvalue weighted by molar-refractivity contribution is 0.318. The molecule has 7 nitrogen and oxygen atoms in total. The molecule has 0 aliphatic carbocycles. The average molecular weight is 287 g/mol. The number of rotatable bonds is 6. The van der Waals surface area contributed by atoms with E-state index in [1.165, 1.54) is 16.8 Å². The van der Waals surface area contributed by atoms with E-state index in [1.54, 1.807) is 13.0 Å². The van der Waals surface area contributed by atoms with Crippen molar-refractivity contribution < 1.29 is 13.6 Å². The average Bonchev–Trinajstić information content (AvgIpc) is 2.36. The summed E-state index contributed by atoms with van der Waals surface area (Å²) < 4.78 is 24.4. The molecule has 1 rings (SSSR count). The zero-order valence-corrected chi connectivity index (χ0v) is 11.4. The predicted molar refractivity (Wildman–Crippen MR) is 72.2 cm³/mol. The van der Waals surface area contributed by atoms with E-state index >= 15 is 0 Å². The molecule has 0 aromatic carbocycles. The van der Waals surface area contributed by atoms with Gasteiger partial charge in [-0.2, -0.15) is 0 Å². The van der Waals surface area contributed by atoms with E-state index in [0.29, 0.717) is 6.42 Å². The minimum Gasteiger partial charge on any atom is -0.409 e. The maximum absolute atomic E-state index is 11.9. The van der Waals surface area contributed by atoms with Gasteiger partial charge in [0, 0.05) is 18.5 Å². The fourth-order valence-electron chi connectivity index (χ4n) is 1.61. The van der Waals surface area contributed by atoms with Crippen molar-refractivity contribution in [3.8, 4) is 0 Å². The van der Waals surface area contributed by atoms with Crippen LogP contribution in [0, 0.1) is 0 Å². The summed E-state index contributed by atoms with van der Waals surface area (Å²) in [6, 6.07) is 2.95. The summed E-state index contributed by atoms with van der Waals surface area (Å²) in [7, 11) is -3.16. The van der Waals surface area contributed by atoms with E-state index in [0.717, 1.165) is 0 Å². The van der Waals surface area contributed by atoms with Gasteiger partial charge in [-0.1, -0.05) is 12.1 Å². The molecule has 1 aromatic rings. The molecular weight excluding hydrogens is 270 g/mol. The fourth-order valence-corrected chi connectivity index (χ4v) is 2.91. The molecule has 0 bridgehead atoms. The lowest BCUT2D eigenvalue weighted by Crippen LogP contribution is -2.31. The van der Waals surface area contributed by atoms with E-state index in [4.69, 9.17) is 10.9 Å². The van der Waals surface area contributed by atoms with E-state index in [9.17, 15) is 13.2 Å². The molecule has 3 N–H and O–H groups in total. The van der Waals surface area contributed by atoms with Gasteiger partial charge in [-0.15, -0.1) is 0 Å². The van der Waals surface area contributed by atoms with Crippen molar-refractivity contribution in [2.45, 2.75) is 19.9 Å². The number of hydrogen-bond donors (Lipinski definition) is 2. The largest absolute Gasteiger partial charge is 0.409 e. The predicted octanol–water partition coefficient (Wildman–Crippen LogP) is -0.232. The van der Waals surface area contributed by atoms with Gasteiger partial charge < -0.3 is 15.5 Å². The number of amidine groups is 1. The van der Waals surface area contributed by atoms with Crippen molar-refractivity contribution >= 4 is 15.7 Å². The molecule has 0 fully saturated rings. The van der Waals surface area contributed by atoms with Crippen LogP contribution in [0.2, 0.25) is 0 Å². The Labute approximate surface area is 111 Å². The van der Waals surface area contributed by atoms with Crippen molar-refractivity contribution in [1.82, 2.24) is 4.57 Å². The normalized spacial score (nSPS) is 12.6. The smallest absolute Gasteiger partial charge is 0.261 e. The SMILES string of the molecule is CCCS(=O)(=O)CCn1cccc(/C(N)=N/O)c1=O. The van der Waals surface area contributed by atoms with Gasteiger partial charge in [-0.3, -0.25) is 4.79 Å². The van der Waals surface area contributed by atoms with Crippen LogP contribution in [0.4, 0.5) is 0 Å². The highest BCUT2D eigenvalue weighted by molar-refractivity contribution is 7.91. The molecule has 0 spiro atoms. The van der Waals surface area contributed by atoms with Crippen LogP contribution < -0.4 is 11.3 Å². The van der Waals surface area contributed by atoms with Gasteiger partial charge in [0.05, 0.1) is 11.3 Å². The highest BCUT2D eigenvalue weighted by Gasteiger charge is 2.12. The highest BCUT2D eigenvalue weighted by atomic mass is 32.2. The van der Waals surface area contributed by atoms with Gasteiger partial charge in [-0.05, 0) is 18.6 Å². The van der Waals surface area contributed by atoms with Gasteiger partial charge in [0.1, 0.15) is 0 Å². The van der Waals surface area contributed by atoms with Gasteiger partial charge in [-0.25, -0.2) is 8.42 Å². The van der Waals surface area contributed by atoms with Crippen molar-refractivity contribution in [3.63, 3.8) is 0 Å². The number of aryl methyl sites for hydroxylation is 1. The third kappa shape index (κ3) is 4.09. The third-order valence-corrected chi connectivity index (χ3v) is 4.40. The van der Waals surface area contributed by atoms with Gasteiger partial charge in [0.15, 0.2) is 15.7 Å². The lowest BCUT2D eigenvalue weighted by atomic mass is 10.2. The number of sulfone groups is 1. The zero-order valence-electron chi connectivity index (χ0n) is 10.6. The first-order valence-corrected chi connectivity index (χ1v) is 7.61. The summed E-state index contributed by atoms with van der Waals surface area (Å²) in [5.74, 6) is -0.307. The Hall–Kier alpha value is -1.83. The first-order chi connectivity index (χ1) is 8.91. The lowest BCUT2D eigenvalue weighted by Gasteiger charge is -2.07. The topological polar surface area (TPSA) is 115 Å². The van der Waals surface area contributed by atoms with Crippen molar-refractivity contribution in [3.05, 3.63) is 34.2 Å². The third-order valence-electron chi connectivity index (χ3n) is 2.56. The molecule has 19 heavy (non-hydrogen) atoms. The van der Waals surface area contributed by atoms with Gasteiger partial charge >= 0.3 is 0 Å². The number of nitrogens with zero attached hydrogens (tertiary/aromatic N) is 2. The fraction of sp³-hybridized carbons (Fsp3) is 0.455. The molecule has 0 amide bonds. The first kappa shape index (κ1) is 15.2. The molecule has 1 aromatic heterocycles. The van der Waals surface area contributed by atoms with Crippen LogP contribution in [0.25, 0.3) is 0 Å².